The molecule has 92 valence electrons. The highest BCUT2D eigenvalue weighted by Gasteiger charge is 2.38. The summed E-state index contributed by atoms with van der Waals surface area (Å²) >= 11 is 0. The Kier molecular flexibility index (Phi) is 3.05. The maximum atomic E-state index is 11.1. The minimum Gasteiger partial charge on any atom is -0.465 e. The molecule has 1 fully saturated rings. The van der Waals surface area contributed by atoms with Crippen molar-refractivity contribution in [1.29, 1.82) is 0 Å². The van der Waals surface area contributed by atoms with Gasteiger partial charge in [0.25, 0.3) is 0 Å². The van der Waals surface area contributed by atoms with Gasteiger partial charge in [-0.05, 0) is 38.8 Å². The van der Waals surface area contributed by atoms with Crippen molar-refractivity contribution in [1.82, 2.24) is 9.88 Å². The van der Waals surface area contributed by atoms with E-state index in [2.05, 4.69) is 4.98 Å². The van der Waals surface area contributed by atoms with Crippen LogP contribution in [0.1, 0.15) is 38.3 Å². The number of nitrogens with zero attached hydrogens (tertiary/aromatic N) is 2. The van der Waals surface area contributed by atoms with Crippen molar-refractivity contribution in [2.45, 2.75) is 38.1 Å². The molecule has 1 aromatic heterocycles. The van der Waals surface area contributed by atoms with Crippen molar-refractivity contribution in [2.24, 2.45) is 0 Å². The van der Waals surface area contributed by atoms with Crippen molar-refractivity contribution in [2.75, 3.05) is 6.54 Å². The van der Waals surface area contributed by atoms with Gasteiger partial charge in [0.1, 0.15) is 0 Å². The molecule has 2 heterocycles. The molecule has 0 bridgehead atoms. The molecule has 1 aliphatic heterocycles. The van der Waals surface area contributed by atoms with Gasteiger partial charge in [-0.3, -0.25) is 4.98 Å². The van der Waals surface area contributed by atoms with Gasteiger partial charge in [0.15, 0.2) is 0 Å². The maximum absolute atomic E-state index is 11.1. The van der Waals surface area contributed by atoms with E-state index in [0.717, 1.165) is 18.5 Å². The molecule has 1 N–H and O–H groups in total. The summed E-state index contributed by atoms with van der Waals surface area (Å²) in [5.41, 5.74) is 0.761. The van der Waals surface area contributed by atoms with Gasteiger partial charge in [0, 0.05) is 29.9 Å². The Morgan fingerprint density at radius 1 is 1.53 bits per heavy atom. The van der Waals surface area contributed by atoms with E-state index in [1.54, 1.807) is 6.20 Å². The zero-order valence-electron chi connectivity index (χ0n) is 10.3. The third kappa shape index (κ3) is 2.40. The molecule has 0 aromatic carbocycles. The van der Waals surface area contributed by atoms with Crippen LogP contribution >= 0.6 is 0 Å². The van der Waals surface area contributed by atoms with E-state index in [-0.39, 0.29) is 5.54 Å². The van der Waals surface area contributed by atoms with Gasteiger partial charge in [-0.25, -0.2) is 4.79 Å². The molecule has 17 heavy (non-hydrogen) atoms. The number of carbonyl (C=O) groups is 1. The van der Waals surface area contributed by atoms with Crippen molar-refractivity contribution in [3.63, 3.8) is 0 Å². The molecular weight excluding hydrogens is 216 g/mol. The summed E-state index contributed by atoms with van der Waals surface area (Å²) in [6.07, 6.45) is 2.66. The number of likely N-dealkylation sites (tertiary alicyclic amines) is 1. The summed E-state index contributed by atoms with van der Waals surface area (Å²) in [4.78, 5) is 17.0. The first kappa shape index (κ1) is 11.9. The second kappa shape index (κ2) is 4.35. The fourth-order valence-electron chi connectivity index (χ4n) is 2.63. The van der Waals surface area contributed by atoms with E-state index in [1.807, 2.05) is 32.0 Å². The average Bonchev–Trinajstić information content (AvgIpc) is 2.28. The van der Waals surface area contributed by atoms with Gasteiger partial charge in [-0.15, -0.1) is 0 Å². The first-order valence-corrected chi connectivity index (χ1v) is 5.92. The molecule has 0 radical (unpaired) electrons. The van der Waals surface area contributed by atoms with Crippen LogP contribution in [0.3, 0.4) is 0 Å². The predicted molar refractivity (Wildman–Crippen MR) is 65.0 cm³/mol. The lowest BCUT2D eigenvalue weighted by atomic mass is 9.81. The second-order valence-corrected chi connectivity index (χ2v) is 5.19. The van der Waals surface area contributed by atoms with Crippen LogP contribution in [0.5, 0.6) is 0 Å². The Labute approximate surface area is 101 Å². The van der Waals surface area contributed by atoms with Crippen LogP contribution in [-0.2, 0) is 0 Å². The number of rotatable bonds is 1. The zero-order valence-corrected chi connectivity index (χ0v) is 10.3. The van der Waals surface area contributed by atoms with Crippen LogP contribution in [-0.4, -0.2) is 33.2 Å². The Balaban J connectivity index is 2.15. The van der Waals surface area contributed by atoms with E-state index in [9.17, 15) is 4.79 Å². The summed E-state index contributed by atoms with van der Waals surface area (Å²) in [7, 11) is 0. The monoisotopic (exact) mass is 234 g/mol. The Bertz CT molecular complexity index is 403. The molecule has 4 heteroatoms. The zero-order chi connectivity index (χ0) is 12.5. The molecule has 2 rings (SSSR count). The van der Waals surface area contributed by atoms with Gasteiger partial charge in [0.05, 0.1) is 0 Å². The van der Waals surface area contributed by atoms with E-state index in [0.29, 0.717) is 12.5 Å². The SMILES string of the molecule is CC1(C)CC(c2ccccn2)CCN1C(=O)O. The molecular formula is C13H18N2O2. The fraction of sp³-hybridized carbons (Fsp3) is 0.538. The molecule has 0 spiro atoms. The van der Waals surface area contributed by atoms with E-state index in [1.165, 1.54) is 4.90 Å². The molecule has 1 aromatic rings. The molecule has 1 unspecified atom stereocenters. The fourth-order valence-corrected chi connectivity index (χ4v) is 2.63. The molecule has 0 saturated carbocycles. The minimum atomic E-state index is -0.825. The number of piperidine rings is 1. The summed E-state index contributed by atoms with van der Waals surface area (Å²) in [5, 5.41) is 9.14. The maximum Gasteiger partial charge on any atom is 0.407 e. The highest BCUT2D eigenvalue weighted by molar-refractivity contribution is 5.66. The molecule has 4 nitrogen and oxygen atoms in total. The van der Waals surface area contributed by atoms with Crippen LogP contribution in [0.15, 0.2) is 24.4 Å². The second-order valence-electron chi connectivity index (χ2n) is 5.19. The highest BCUT2D eigenvalue weighted by atomic mass is 16.4. The van der Waals surface area contributed by atoms with Crippen molar-refractivity contribution in [3.8, 4) is 0 Å². The number of aromatic nitrogens is 1. The van der Waals surface area contributed by atoms with Crippen molar-refractivity contribution < 1.29 is 9.90 Å². The average molecular weight is 234 g/mol. The molecule has 0 aliphatic carbocycles. The number of carboxylic acid groups (broad SMARTS) is 1. The molecule has 1 atom stereocenters. The van der Waals surface area contributed by atoms with Gasteiger partial charge in [-0.2, -0.15) is 0 Å². The molecule has 1 amide bonds. The third-order valence-corrected chi connectivity index (χ3v) is 3.51. The summed E-state index contributed by atoms with van der Waals surface area (Å²) in [6, 6.07) is 5.91. The lowest BCUT2D eigenvalue weighted by Gasteiger charge is -2.43. The van der Waals surface area contributed by atoms with Crippen LogP contribution in [0, 0.1) is 0 Å². The largest absolute Gasteiger partial charge is 0.465 e. The van der Waals surface area contributed by atoms with Gasteiger partial charge in [-0.1, -0.05) is 6.07 Å². The summed E-state index contributed by atoms with van der Waals surface area (Å²) in [5.74, 6) is 0.363. The van der Waals surface area contributed by atoms with Crippen LogP contribution in [0.2, 0.25) is 0 Å². The normalized spacial score (nSPS) is 23.4. The first-order chi connectivity index (χ1) is 8.00. The number of amides is 1. The lowest BCUT2D eigenvalue weighted by molar-refractivity contribution is 0.0601. The van der Waals surface area contributed by atoms with Gasteiger partial charge < -0.3 is 10.0 Å². The Morgan fingerprint density at radius 2 is 2.29 bits per heavy atom. The highest BCUT2D eigenvalue weighted by Crippen LogP contribution is 2.36. The van der Waals surface area contributed by atoms with E-state index in [4.69, 9.17) is 5.11 Å². The van der Waals surface area contributed by atoms with Crippen LogP contribution in [0.4, 0.5) is 4.79 Å². The first-order valence-electron chi connectivity index (χ1n) is 5.92. The van der Waals surface area contributed by atoms with E-state index >= 15 is 0 Å². The van der Waals surface area contributed by atoms with Crippen molar-refractivity contribution >= 4 is 6.09 Å². The number of hydrogen-bond donors (Lipinski definition) is 1. The number of pyridine rings is 1. The standard InChI is InChI=1S/C13H18N2O2/c1-13(2)9-10(6-8-15(13)12(16)17)11-5-3-4-7-14-11/h3-5,7,10H,6,8-9H2,1-2H3,(H,16,17). The predicted octanol–water partition coefficient (Wildman–Crippen LogP) is 2.72. The molecule has 1 aliphatic rings. The molecule has 1 saturated heterocycles. The van der Waals surface area contributed by atoms with Crippen molar-refractivity contribution in [3.05, 3.63) is 30.1 Å². The quantitative estimate of drug-likeness (QED) is 0.812. The van der Waals surface area contributed by atoms with Crippen LogP contribution in [0.25, 0.3) is 0 Å². The van der Waals surface area contributed by atoms with E-state index < -0.39 is 6.09 Å². The van der Waals surface area contributed by atoms with Gasteiger partial charge >= 0.3 is 6.09 Å². The smallest absolute Gasteiger partial charge is 0.407 e. The number of hydrogen-bond acceptors (Lipinski definition) is 2. The topological polar surface area (TPSA) is 53.4 Å². The summed E-state index contributed by atoms with van der Waals surface area (Å²) in [6.45, 7) is 4.55. The minimum absolute atomic E-state index is 0.313. The Hall–Kier alpha value is -1.58. The summed E-state index contributed by atoms with van der Waals surface area (Å²) < 4.78 is 0. The lowest BCUT2D eigenvalue weighted by Crippen LogP contribution is -2.51. The van der Waals surface area contributed by atoms with Crippen LogP contribution < -0.4 is 0 Å². The third-order valence-electron chi connectivity index (χ3n) is 3.51. The van der Waals surface area contributed by atoms with Gasteiger partial charge in [0.2, 0.25) is 0 Å². The Morgan fingerprint density at radius 3 is 2.82 bits per heavy atom.